The van der Waals surface area contributed by atoms with Gasteiger partial charge in [0, 0.05) is 9.75 Å². The van der Waals surface area contributed by atoms with Crippen LogP contribution < -0.4 is 10.9 Å². The number of nitriles is 1. The first kappa shape index (κ1) is 24.4. The molecule has 0 aliphatic heterocycles. The van der Waals surface area contributed by atoms with Crippen molar-refractivity contribution in [2.45, 2.75) is 62.9 Å². The monoisotopic (exact) mass is 546 g/mol. The molecule has 188 valence electrons. The van der Waals surface area contributed by atoms with E-state index in [1.54, 1.807) is 15.9 Å². The van der Waals surface area contributed by atoms with Crippen molar-refractivity contribution in [2.75, 3.05) is 11.1 Å². The lowest BCUT2D eigenvalue weighted by Crippen LogP contribution is -2.23. The molecule has 0 saturated carbocycles. The first-order valence-corrected chi connectivity index (χ1v) is 15.4. The lowest BCUT2D eigenvalue weighted by Gasteiger charge is -2.13. The van der Waals surface area contributed by atoms with Crippen LogP contribution in [0.25, 0.3) is 15.9 Å². The number of nitrogens with one attached hydrogen (secondary N) is 1. The summed E-state index contributed by atoms with van der Waals surface area (Å²) in [6, 6.07) is 11.8. The molecule has 1 N–H and O–H groups in total. The average molecular weight is 547 g/mol. The Bertz CT molecular complexity index is 1590. The smallest absolute Gasteiger partial charge is 0.267 e. The molecule has 0 radical (unpaired) electrons. The number of benzene rings is 1. The molecule has 0 atom stereocenters. The van der Waals surface area contributed by atoms with Gasteiger partial charge in [-0.15, -0.1) is 22.7 Å². The Morgan fingerprint density at radius 3 is 2.51 bits per heavy atom. The standard InChI is InChI=1S/C28H26N4O2S3/c29-15-20-18-11-5-2-6-13-21(18)36-25(20)30-23(33)16-35-28-31-26-24(19-12-7-8-14-22(19)37-26)27(34)32(28)17-9-3-1-4-10-17/h1,3-4,9-10H,2,5-8,11-14,16H2,(H,30,33). The molecule has 0 unspecified atom stereocenters. The molecule has 0 saturated heterocycles. The zero-order valence-electron chi connectivity index (χ0n) is 20.3. The maximum absolute atomic E-state index is 13.8. The molecule has 0 fully saturated rings. The Labute approximate surface area is 227 Å². The van der Waals surface area contributed by atoms with E-state index in [-0.39, 0.29) is 17.2 Å². The van der Waals surface area contributed by atoms with Crippen molar-refractivity contribution in [3.8, 4) is 11.8 Å². The van der Waals surface area contributed by atoms with E-state index in [1.807, 2.05) is 30.3 Å². The quantitative estimate of drug-likeness (QED) is 0.181. The minimum atomic E-state index is -0.197. The Hall–Kier alpha value is -2.93. The Morgan fingerprint density at radius 1 is 1.00 bits per heavy atom. The van der Waals surface area contributed by atoms with Crippen LogP contribution in [-0.2, 0) is 30.5 Å². The van der Waals surface area contributed by atoms with E-state index < -0.39 is 0 Å². The first-order valence-electron chi connectivity index (χ1n) is 12.7. The van der Waals surface area contributed by atoms with Crippen LogP contribution in [0.5, 0.6) is 0 Å². The zero-order chi connectivity index (χ0) is 25.4. The maximum Gasteiger partial charge on any atom is 0.267 e. The SMILES string of the molecule is N#Cc1c(NC(=O)CSc2nc3sc4c(c3c(=O)n2-c2ccccc2)CCCC4)sc2c1CCCCC2. The van der Waals surface area contributed by atoms with Crippen molar-refractivity contribution < 1.29 is 4.79 Å². The summed E-state index contributed by atoms with van der Waals surface area (Å²) in [5.74, 6) is -0.0964. The summed E-state index contributed by atoms with van der Waals surface area (Å²) in [5.41, 5.74) is 3.57. The molecule has 2 aliphatic rings. The van der Waals surface area contributed by atoms with E-state index in [4.69, 9.17) is 4.98 Å². The average Bonchev–Trinajstić information content (AvgIpc) is 3.36. The number of carbonyl (C=O) groups is 1. The van der Waals surface area contributed by atoms with Crippen LogP contribution in [0, 0.1) is 11.3 Å². The van der Waals surface area contributed by atoms with Crippen LogP contribution in [0.4, 0.5) is 5.00 Å². The molecule has 3 aromatic heterocycles. The third-order valence-electron chi connectivity index (χ3n) is 7.09. The van der Waals surface area contributed by atoms with Crippen molar-refractivity contribution in [3.63, 3.8) is 0 Å². The highest BCUT2D eigenvalue weighted by atomic mass is 32.2. The fourth-order valence-electron chi connectivity index (χ4n) is 5.33. The molecule has 0 bridgehead atoms. The van der Waals surface area contributed by atoms with Gasteiger partial charge in [0.05, 0.1) is 22.4 Å². The van der Waals surface area contributed by atoms with Crippen molar-refractivity contribution >= 4 is 55.6 Å². The molecule has 3 heterocycles. The topological polar surface area (TPSA) is 87.8 Å². The largest absolute Gasteiger partial charge is 0.316 e. The summed E-state index contributed by atoms with van der Waals surface area (Å²) in [6.07, 6.45) is 9.41. The number of hydrogen-bond acceptors (Lipinski definition) is 7. The highest BCUT2D eigenvalue weighted by Crippen LogP contribution is 2.38. The van der Waals surface area contributed by atoms with Gasteiger partial charge in [-0.05, 0) is 74.6 Å². The second kappa shape index (κ2) is 10.4. The van der Waals surface area contributed by atoms with E-state index in [1.165, 1.54) is 39.3 Å². The third kappa shape index (κ3) is 4.63. The van der Waals surface area contributed by atoms with Gasteiger partial charge in [0.25, 0.3) is 5.56 Å². The van der Waals surface area contributed by atoms with Crippen LogP contribution in [0.3, 0.4) is 0 Å². The number of amides is 1. The van der Waals surface area contributed by atoms with Gasteiger partial charge in [-0.3, -0.25) is 14.2 Å². The molecule has 2 aliphatic carbocycles. The van der Waals surface area contributed by atoms with E-state index in [2.05, 4.69) is 11.4 Å². The number of carbonyl (C=O) groups excluding carboxylic acids is 1. The maximum atomic E-state index is 13.8. The van der Waals surface area contributed by atoms with Crippen LogP contribution >= 0.6 is 34.4 Å². The molecule has 0 spiro atoms. The van der Waals surface area contributed by atoms with Crippen molar-refractivity contribution in [1.29, 1.82) is 5.26 Å². The lowest BCUT2D eigenvalue weighted by molar-refractivity contribution is -0.113. The lowest BCUT2D eigenvalue weighted by atomic mass is 9.97. The molecule has 9 heteroatoms. The number of nitrogens with zero attached hydrogens (tertiary/aromatic N) is 3. The third-order valence-corrected chi connectivity index (χ3v) is 10.4. The van der Waals surface area contributed by atoms with Crippen LogP contribution in [-0.4, -0.2) is 21.2 Å². The van der Waals surface area contributed by atoms with Crippen LogP contribution in [0.1, 0.15) is 58.5 Å². The number of anilines is 1. The molecule has 37 heavy (non-hydrogen) atoms. The second-order valence-corrected chi connectivity index (χ2v) is 12.6. The Morgan fingerprint density at radius 2 is 1.70 bits per heavy atom. The van der Waals surface area contributed by atoms with Gasteiger partial charge in [0.2, 0.25) is 5.91 Å². The summed E-state index contributed by atoms with van der Waals surface area (Å²) in [7, 11) is 0. The summed E-state index contributed by atoms with van der Waals surface area (Å²) >= 11 is 4.42. The zero-order valence-corrected chi connectivity index (χ0v) is 22.8. The van der Waals surface area contributed by atoms with Crippen LogP contribution in [0.2, 0.25) is 0 Å². The molecule has 1 aromatic carbocycles. The number of aromatic nitrogens is 2. The molecule has 4 aromatic rings. The fourth-order valence-corrected chi connectivity index (χ4v) is 8.70. The fraction of sp³-hybridized carbons (Fsp3) is 0.357. The van der Waals surface area contributed by atoms with Gasteiger partial charge >= 0.3 is 0 Å². The van der Waals surface area contributed by atoms with Crippen LogP contribution in [0.15, 0.2) is 40.3 Å². The Balaban J connectivity index is 1.31. The number of thioether (sulfide) groups is 1. The van der Waals surface area contributed by atoms with Crippen molar-refractivity contribution in [3.05, 3.63) is 67.1 Å². The number of thiophene rings is 2. The number of aryl methyl sites for hydroxylation is 3. The molecular weight excluding hydrogens is 521 g/mol. The molecular formula is C28H26N4O2S3. The normalized spacial score (nSPS) is 15.0. The van der Waals surface area contributed by atoms with Crippen molar-refractivity contribution in [2.24, 2.45) is 0 Å². The summed E-state index contributed by atoms with van der Waals surface area (Å²) in [6.45, 7) is 0. The minimum Gasteiger partial charge on any atom is -0.316 e. The number of rotatable bonds is 5. The first-order chi connectivity index (χ1) is 18.1. The predicted molar refractivity (Wildman–Crippen MR) is 152 cm³/mol. The van der Waals surface area contributed by atoms with E-state index in [0.717, 1.165) is 78.4 Å². The number of fused-ring (bicyclic) bond motifs is 4. The highest BCUT2D eigenvalue weighted by Gasteiger charge is 2.24. The summed E-state index contributed by atoms with van der Waals surface area (Å²) < 4.78 is 1.65. The summed E-state index contributed by atoms with van der Waals surface area (Å²) in [5, 5.41) is 14.7. The summed E-state index contributed by atoms with van der Waals surface area (Å²) in [4.78, 5) is 35.0. The van der Waals surface area contributed by atoms with Gasteiger partial charge in [0.1, 0.15) is 15.9 Å². The van der Waals surface area contributed by atoms with E-state index in [9.17, 15) is 14.9 Å². The molecule has 6 rings (SSSR count). The predicted octanol–water partition coefficient (Wildman–Crippen LogP) is 6.26. The molecule has 1 amide bonds. The van der Waals surface area contributed by atoms with Gasteiger partial charge in [-0.2, -0.15) is 5.26 Å². The van der Waals surface area contributed by atoms with Gasteiger partial charge in [-0.1, -0.05) is 36.4 Å². The number of para-hydroxylation sites is 1. The van der Waals surface area contributed by atoms with E-state index >= 15 is 0 Å². The highest BCUT2D eigenvalue weighted by molar-refractivity contribution is 7.99. The van der Waals surface area contributed by atoms with Gasteiger partial charge in [0.15, 0.2) is 5.16 Å². The second-order valence-electron chi connectivity index (χ2n) is 9.48. The van der Waals surface area contributed by atoms with Gasteiger partial charge in [-0.25, -0.2) is 4.98 Å². The minimum absolute atomic E-state index is 0.0627. The Kier molecular flexibility index (Phi) is 6.89. The van der Waals surface area contributed by atoms with Gasteiger partial charge < -0.3 is 5.32 Å². The number of hydrogen-bond donors (Lipinski definition) is 1. The molecule has 6 nitrogen and oxygen atoms in total. The van der Waals surface area contributed by atoms with E-state index in [0.29, 0.717) is 15.7 Å². The van der Waals surface area contributed by atoms with Crippen molar-refractivity contribution in [1.82, 2.24) is 9.55 Å².